The van der Waals surface area contributed by atoms with Crippen molar-refractivity contribution in [1.82, 2.24) is 4.90 Å². The molecule has 1 aliphatic heterocycles. The van der Waals surface area contributed by atoms with E-state index in [4.69, 9.17) is 9.47 Å². The van der Waals surface area contributed by atoms with Crippen LogP contribution in [0.15, 0.2) is 48.5 Å². The molecule has 0 radical (unpaired) electrons. The maximum atomic E-state index is 12.4. The fourth-order valence-electron chi connectivity index (χ4n) is 3.47. The number of benzene rings is 2. The Hall–Kier alpha value is -3.62. The third kappa shape index (κ3) is 6.68. The maximum Gasteiger partial charge on any atom is 0.344 e. The van der Waals surface area contributed by atoms with Crippen LogP contribution in [-0.4, -0.2) is 61.1 Å². The Labute approximate surface area is 193 Å². The minimum Gasteiger partial charge on any atom is -0.482 e. The third-order valence-electron chi connectivity index (χ3n) is 5.49. The SMILES string of the molecule is CC(C)(C)c1ccc(OCC(=O)OCC(=O)N2CCN(c3ccc([N+](=O)[O-])cc3)CC2)cc1. The molecule has 1 saturated heterocycles. The van der Waals surface area contributed by atoms with Crippen LogP contribution in [0, 0.1) is 10.1 Å². The van der Waals surface area contributed by atoms with Gasteiger partial charge in [-0.1, -0.05) is 32.9 Å². The monoisotopic (exact) mass is 455 g/mol. The molecule has 1 heterocycles. The second-order valence-electron chi connectivity index (χ2n) is 8.87. The van der Waals surface area contributed by atoms with Gasteiger partial charge in [0.25, 0.3) is 11.6 Å². The first-order chi connectivity index (χ1) is 15.6. The Morgan fingerprint density at radius 2 is 1.55 bits per heavy atom. The Bertz CT molecular complexity index is 975. The summed E-state index contributed by atoms with van der Waals surface area (Å²) in [5.41, 5.74) is 2.11. The van der Waals surface area contributed by atoms with Crippen molar-refractivity contribution < 1.29 is 24.0 Å². The van der Waals surface area contributed by atoms with Gasteiger partial charge < -0.3 is 19.3 Å². The van der Waals surface area contributed by atoms with Crippen molar-refractivity contribution in [3.8, 4) is 5.75 Å². The first-order valence-electron chi connectivity index (χ1n) is 10.8. The standard InChI is InChI=1S/C24H29N3O6/c1-24(2,3)18-4-10-21(11-5-18)32-17-23(29)33-16-22(28)26-14-12-25(13-15-26)19-6-8-20(9-7-19)27(30)31/h4-11H,12-17H2,1-3H3. The number of ether oxygens (including phenoxy) is 2. The van der Waals surface area contributed by atoms with Gasteiger partial charge >= 0.3 is 5.97 Å². The summed E-state index contributed by atoms with van der Waals surface area (Å²) in [6.45, 7) is 7.88. The summed E-state index contributed by atoms with van der Waals surface area (Å²) < 4.78 is 10.5. The van der Waals surface area contributed by atoms with E-state index >= 15 is 0 Å². The summed E-state index contributed by atoms with van der Waals surface area (Å²) >= 11 is 0. The smallest absolute Gasteiger partial charge is 0.344 e. The Kier molecular flexibility index (Phi) is 7.52. The Morgan fingerprint density at radius 3 is 2.09 bits per heavy atom. The van der Waals surface area contributed by atoms with Crippen LogP contribution in [0.1, 0.15) is 26.3 Å². The third-order valence-corrected chi connectivity index (χ3v) is 5.49. The number of carbonyl (C=O) groups is 2. The van der Waals surface area contributed by atoms with Gasteiger partial charge in [0.05, 0.1) is 4.92 Å². The first-order valence-corrected chi connectivity index (χ1v) is 10.8. The number of anilines is 1. The minimum atomic E-state index is -0.604. The number of hydrogen-bond donors (Lipinski definition) is 0. The van der Waals surface area contributed by atoms with E-state index < -0.39 is 10.9 Å². The fourth-order valence-corrected chi connectivity index (χ4v) is 3.47. The fraction of sp³-hybridized carbons (Fsp3) is 0.417. The van der Waals surface area contributed by atoms with Crippen LogP contribution in [-0.2, 0) is 19.7 Å². The molecule has 2 aromatic rings. The summed E-state index contributed by atoms with van der Waals surface area (Å²) in [6.07, 6.45) is 0. The molecule has 33 heavy (non-hydrogen) atoms. The summed E-state index contributed by atoms with van der Waals surface area (Å²) in [7, 11) is 0. The molecule has 9 heteroatoms. The van der Waals surface area contributed by atoms with E-state index in [2.05, 4.69) is 25.7 Å². The van der Waals surface area contributed by atoms with Crippen molar-refractivity contribution in [3.63, 3.8) is 0 Å². The highest BCUT2D eigenvalue weighted by Crippen LogP contribution is 2.24. The molecule has 0 unspecified atom stereocenters. The molecule has 0 bridgehead atoms. The lowest BCUT2D eigenvalue weighted by Gasteiger charge is -2.36. The number of amides is 1. The predicted molar refractivity (Wildman–Crippen MR) is 123 cm³/mol. The molecule has 0 aromatic heterocycles. The maximum absolute atomic E-state index is 12.4. The average Bonchev–Trinajstić information content (AvgIpc) is 2.81. The lowest BCUT2D eigenvalue weighted by molar-refractivity contribution is -0.384. The second kappa shape index (κ2) is 10.3. The number of nitro benzene ring substituents is 1. The zero-order valence-corrected chi connectivity index (χ0v) is 19.2. The van der Waals surface area contributed by atoms with Crippen LogP contribution >= 0.6 is 0 Å². The molecule has 0 atom stereocenters. The van der Waals surface area contributed by atoms with E-state index in [1.165, 1.54) is 12.1 Å². The highest BCUT2D eigenvalue weighted by atomic mass is 16.6. The zero-order chi connectivity index (χ0) is 24.0. The molecule has 176 valence electrons. The van der Waals surface area contributed by atoms with Crippen molar-refractivity contribution in [2.45, 2.75) is 26.2 Å². The van der Waals surface area contributed by atoms with E-state index in [-0.39, 0.29) is 30.2 Å². The summed E-state index contributed by atoms with van der Waals surface area (Å²) in [5, 5.41) is 10.8. The van der Waals surface area contributed by atoms with Crippen LogP contribution < -0.4 is 9.64 Å². The van der Waals surface area contributed by atoms with E-state index in [0.717, 1.165) is 11.3 Å². The van der Waals surface area contributed by atoms with Crippen molar-refractivity contribution >= 4 is 23.3 Å². The number of esters is 1. The van der Waals surface area contributed by atoms with Crippen molar-refractivity contribution in [2.75, 3.05) is 44.3 Å². The van der Waals surface area contributed by atoms with Gasteiger partial charge in [0.2, 0.25) is 0 Å². The summed E-state index contributed by atoms with van der Waals surface area (Å²) in [6, 6.07) is 13.9. The van der Waals surface area contributed by atoms with Gasteiger partial charge in [-0.3, -0.25) is 14.9 Å². The van der Waals surface area contributed by atoms with E-state index in [0.29, 0.717) is 31.9 Å². The molecule has 0 spiro atoms. The predicted octanol–water partition coefficient (Wildman–Crippen LogP) is 3.16. The molecule has 0 N–H and O–H groups in total. The molecule has 1 aliphatic rings. The Balaban J connectivity index is 1.38. The molecule has 3 rings (SSSR count). The van der Waals surface area contributed by atoms with Crippen molar-refractivity contribution in [2.24, 2.45) is 0 Å². The molecular formula is C24H29N3O6. The van der Waals surface area contributed by atoms with Crippen LogP contribution in [0.5, 0.6) is 5.75 Å². The largest absolute Gasteiger partial charge is 0.482 e. The van der Waals surface area contributed by atoms with Gasteiger partial charge in [-0.05, 0) is 35.2 Å². The minimum absolute atomic E-state index is 0.0329. The van der Waals surface area contributed by atoms with Crippen LogP contribution in [0.25, 0.3) is 0 Å². The number of piperazine rings is 1. The molecule has 0 saturated carbocycles. The number of rotatable bonds is 7. The van der Waals surface area contributed by atoms with E-state index in [1.54, 1.807) is 17.0 Å². The summed E-state index contributed by atoms with van der Waals surface area (Å²) in [5.74, 6) is -0.303. The van der Waals surface area contributed by atoms with Gasteiger partial charge in [-0.25, -0.2) is 4.79 Å². The van der Waals surface area contributed by atoms with Gasteiger partial charge in [0.15, 0.2) is 13.2 Å². The molecule has 9 nitrogen and oxygen atoms in total. The number of nitro groups is 1. The van der Waals surface area contributed by atoms with Gasteiger partial charge in [0.1, 0.15) is 5.75 Å². The van der Waals surface area contributed by atoms with Gasteiger partial charge in [-0.15, -0.1) is 0 Å². The Morgan fingerprint density at radius 1 is 0.939 bits per heavy atom. The normalized spacial score (nSPS) is 14.0. The van der Waals surface area contributed by atoms with Crippen LogP contribution in [0.3, 0.4) is 0 Å². The second-order valence-corrected chi connectivity index (χ2v) is 8.87. The first kappa shape index (κ1) is 24.0. The van der Waals surface area contributed by atoms with Crippen molar-refractivity contribution in [1.29, 1.82) is 0 Å². The number of non-ortho nitro benzene ring substituents is 1. The van der Waals surface area contributed by atoms with Crippen molar-refractivity contribution in [3.05, 3.63) is 64.2 Å². The van der Waals surface area contributed by atoms with E-state index in [9.17, 15) is 19.7 Å². The lowest BCUT2D eigenvalue weighted by atomic mass is 9.87. The van der Waals surface area contributed by atoms with Gasteiger partial charge in [0, 0.05) is 44.0 Å². The van der Waals surface area contributed by atoms with Crippen LogP contribution in [0.2, 0.25) is 0 Å². The molecule has 1 amide bonds. The molecule has 2 aromatic carbocycles. The lowest BCUT2D eigenvalue weighted by Crippen LogP contribution is -2.50. The summed E-state index contributed by atoms with van der Waals surface area (Å²) in [4.78, 5) is 38.4. The quantitative estimate of drug-likeness (QED) is 0.359. The van der Waals surface area contributed by atoms with E-state index in [1.807, 2.05) is 24.3 Å². The zero-order valence-electron chi connectivity index (χ0n) is 19.2. The number of hydrogen-bond acceptors (Lipinski definition) is 7. The topological polar surface area (TPSA) is 102 Å². The van der Waals surface area contributed by atoms with Gasteiger partial charge in [-0.2, -0.15) is 0 Å². The highest BCUT2D eigenvalue weighted by molar-refractivity contribution is 5.81. The van der Waals surface area contributed by atoms with Crippen LogP contribution in [0.4, 0.5) is 11.4 Å². The number of nitrogens with zero attached hydrogens (tertiary/aromatic N) is 3. The average molecular weight is 456 g/mol. The molecule has 1 fully saturated rings. The number of carbonyl (C=O) groups excluding carboxylic acids is 2. The molecular weight excluding hydrogens is 426 g/mol. The highest BCUT2D eigenvalue weighted by Gasteiger charge is 2.23. The molecule has 0 aliphatic carbocycles.